The van der Waals surface area contributed by atoms with Gasteiger partial charge < -0.3 is 10.0 Å². The van der Waals surface area contributed by atoms with E-state index in [1.54, 1.807) is 0 Å². The smallest absolute Gasteiger partial charge is 0.0592 e. The maximum atomic E-state index is 9.44. The molecule has 2 nitrogen and oxygen atoms in total. The van der Waals surface area contributed by atoms with E-state index in [1.165, 1.54) is 0 Å². The Morgan fingerprint density at radius 2 is 2.00 bits per heavy atom. The van der Waals surface area contributed by atoms with Crippen molar-refractivity contribution in [2.24, 2.45) is 5.92 Å². The molecule has 2 heteroatoms. The minimum atomic E-state index is -0.0776. The molecule has 1 fully saturated rings. The maximum Gasteiger partial charge on any atom is 0.0592 e. The summed E-state index contributed by atoms with van der Waals surface area (Å²) in [6.07, 6.45) is 0.855. The first-order chi connectivity index (χ1) is 4.63. The van der Waals surface area contributed by atoms with Crippen molar-refractivity contribution in [3.05, 3.63) is 0 Å². The Morgan fingerprint density at radius 3 is 2.50 bits per heavy atom. The van der Waals surface area contributed by atoms with E-state index in [0.717, 1.165) is 13.0 Å². The maximum absolute atomic E-state index is 9.44. The highest BCUT2D eigenvalue weighted by Crippen LogP contribution is 2.21. The van der Waals surface area contributed by atoms with Crippen LogP contribution in [0.5, 0.6) is 0 Å². The standard InChI is InChI=1S/C8H17NO/c1-6-7(2)9(3)5-4-8(6)10/h6-8,10H,4-5H2,1-3H3. The van der Waals surface area contributed by atoms with Crippen LogP contribution in [0.15, 0.2) is 0 Å². The van der Waals surface area contributed by atoms with E-state index in [0.29, 0.717) is 12.0 Å². The zero-order valence-corrected chi connectivity index (χ0v) is 7.04. The molecule has 1 aliphatic heterocycles. The number of rotatable bonds is 0. The number of hydrogen-bond acceptors (Lipinski definition) is 2. The number of piperidine rings is 1. The predicted octanol–water partition coefficient (Wildman–Crippen LogP) is 0.707. The van der Waals surface area contributed by atoms with Gasteiger partial charge in [0.2, 0.25) is 0 Å². The normalized spacial score (nSPS) is 43.8. The Morgan fingerprint density at radius 1 is 1.40 bits per heavy atom. The van der Waals surface area contributed by atoms with Gasteiger partial charge in [0.1, 0.15) is 0 Å². The topological polar surface area (TPSA) is 23.5 Å². The van der Waals surface area contributed by atoms with E-state index < -0.39 is 0 Å². The van der Waals surface area contributed by atoms with Gasteiger partial charge in [-0.25, -0.2) is 0 Å². The average Bonchev–Trinajstić information content (AvgIpc) is 1.93. The molecule has 0 aromatic rings. The van der Waals surface area contributed by atoms with Crippen molar-refractivity contribution in [2.45, 2.75) is 32.4 Å². The van der Waals surface area contributed by atoms with Gasteiger partial charge in [-0.2, -0.15) is 0 Å². The molecule has 0 bridgehead atoms. The number of hydrogen-bond donors (Lipinski definition) is 1. The highest BCUT2D eigenvalue weighted by Gasteiger charge is 2.28. The van der Waals surface area contributed by atoms with Crippen molar-refractivity contribution in [2.75, 3.05) is 13.6 Å². The van der Waals surface area contributed by atoms with Gasteiger partial charge in [0, 0.05) is 12.6 Å². The van der Waals surface area contributed by atoms with Gasteiger partial charge in [0.05, 0.1) is 6.10 Å². The van der Waals surface area contributed by atoms with Gasteiger partial charge in [0.25, 0.3) is 0 Å². The molecule has 3 unspecified atom stereocenters. The molecule has 0 aromatic carbocycles. The Kier molecular flexibility index (Phi) is 2.32. The molecule has 1 aliphatic rings. The summed E-state index contributed by atoms with van der Waals surface area (Å²) in [6, 6.07) is 0.531. The number of nitrogens with zero attached hydrogens (tertiary/aromatic N) is 1. The first kappa shape index (κ1) is 8.02. The lowest BCUT2D eigenvalue weighted by atomic mass is 9.90. The first-order valence-electron chi connectivity index (χ1n) is 4.01. The molecule has 60 valence electrons. The number of aliphatic hydroxyl groups is 1. The number of aliphatic hydroxyl groups excluding tert-OH is 1. The summed E-state index contributed by atoms with van der Waals surface area (Å²) in [5.74, 6) is 0.429. The quantitative estimate of drug-likeness (QED) is 0.540. The van der Waals surface area contributed by atoms with Crippen molar-refractivity contribution in [1.82, 2.24) is 4.90 Å². The predicted molar refractivity (Wildman–Crippen MR) is 41.9 cm³/mol. The molecule has 3 atom stereocenters. The lowest BCUT2D eigenvalue weighted by Crippen LogP contribution is -2.46. The Labute approximate surface area is 62.8 Å². The van der Waals surface area contributed by atoms with Gasteiger partial charge in [-0.3, -0.25) is 0 Å². The van der Waals surface area contributed by atoms with Crippen LogP contribution in [0, 0.1) is 5.92 Å². The molecule has 10 heavy (non-hydrogen) atoms. The van der Waals surface area contributed by atoms with Crippen LogP contribution >= 0.6 is 0 Å². The second kappa shape index (κ2) is 2.89. The molecule has 0 spiro atoms. The van der Waals surface area contributed by atoms with Crippen molar-refractivity contribution in [3.63, 3.8) is 0 Å². The lowest BCUT2D eigenvalue weighted by molar-refractivity contribution is 0.0102. The third-order valence-corrected chi connectivity index (χ3v) is 2.84. The molecule has 0 aromatic heterocycles. The fraction of sp³-hybridized carbons (Fsp3) is 1.00. The lowest BCUT2D eigenvalue weighted by Gasteiger charge is -2.38. The molecular formula is C8H17NO. The van der Waals surface area contributed by atoms with E-state index >= 15 is 0 Å². The number of likely N-dealkylation sites (tertiary alicyclic amines) is 1. The zero-order chi connectivity index (χ0) is 7.72. The van der Waals surface area contributed by atoms with Gasteiger partial charge >= 0.3 is 0 Å². The minimum absolute atomic E-state index is 0.0776. The SMILES string of the molecule is CC1C(O)CCN(C)C1C. The van der Waals surface area contributed by atoms with Crippen LogP contribution in [-0.4, -0.2) is 35.7 Å². The first-order valence-corrected chi connectivity index (χ1v) is 4.01. The van der Waals surface area contributed by atoms with E-state index in [1.807, 2.05) is 0 Å². The van der Waals surface area contributed by atoms with Crippen LogP contribution in [0.25, 0.3) is 0 Å². The Bertz CT molecular complexity index is 102. The molecule has 1 rings (SSSR count). The molecular weight excluding hydrogens is 126 g/mol. The fourth-order valence-corrected chi connectivity index (χ4v) is 1.53. The summed E-state index contributed by atoms with van der Waals surface area (Å²) in [7, 11) is 2.12. The minimum Gasteiger partial charge on any atom is -0.393 e. The third kappa shape index (κ3) is 1.32. The van der Waals surface area contributed by atoms with Gasteiger partial charge in [-0.05, 0) is 26.3 Å². The fourth-order valence-electron chi connectivity index (χ4n) is 1.53. The van der Waals surface area contributed by atoms with Gasteiger partial charge in [0.15, 0.2) is 0 Å². The molecule has 1 saturated heterocycles. The summed E-state index contributed by atoms with van der Waals surface area (Å²) in [5, 5.41) is 9.44. The van der Waals surface area contributed by atoms with Crippen molar-refractivity contribution < 1.29 is 5.11 Å². The molecule has 1 N–H and O–H groups in total. The highest BCUT2D eigenvalue weighted by atomic mass is 16.3. The van der Waals surface area contributed by atoms with Crippen molar-refractivity contribution in [3.8, 4) is 0 Å². The van der Waals surface area contributed by atoms with Crippen LogP contribution in [0.1, 0.15) is 20.3 Å². The zero-order valence-electron chi connectivity index (χ0n) is 7.04. The van der Waals surface area contributed by atoms with Crippen molar-refractivity contribution >= 4 is 0 Å². The van der Waals surface area contributed by atoms with Crippen LogP contribution in [0.4, 0.5) is 0 Å². The van der Waals surface area contributed by atoms with Crippen LogP contribution in [0.3, 0.4) is 0 Å². The third-order valence-electron chi connectivity index (χ3n) is 2.84. The average molecular weight is 143 g/mol. The summed E-state index contributed by atoms with van der Waals surface area (Å²) in [6.45, 7) is 5.32. The van der Waals surface area contributed by atoms with E-state index in [9.17, 15) is 5.11 Å². The second-order valence-corrected chi connectivity index (χ2v) is 3.44. The molecule has 0 radical (unpaired) electrons. The van der Waals surface area contributed by atoms with Crippen molar-refractivity contribution in [1.29, 1.82) is 0 Å². The molecule has 0 aliphatic carbocycles. The summed E-state index contributed by atoms with van der Waals surface area (Å²) in [5.41, 5.74) is 0. The van der Waals surface area contributed by atoms with E-state index in [2.05, 4.69) is 25.8 Å². The molecule has 0 saturated carbocycles. The molecule has 0 amide bonds. The highest BCUT2D eigenvalue weighted by molar-refractivity contribution is 4.82. The summed E-state index contributed by atoms with van der Waals surface area (Å²) >= 11 is 0. The summed E-state index contributed by atoms with van der Waals surface area (Å²) < 4.78 is 0. The van der Waals surface area contributed by atoms with E-state index in [-0.39, 0.29) is 6.10 Å². The second-order valence-electron chi connectivity index (χ2n) is 3.44. The van der Waals surface area contributed by atoms with Crippen LogP contribution < -0.4 is 0 Å². The van der Waals surface area contributed by atoms with Crippen LogP contribution in [0.2, 0.25) is 0 Å². The van der Waals surface area contributed by atoms with Crippen LogP contribution in [-0.2, 0) is 0 Å². The summed E-state index contributed by atoms with van der Waals surface area (Å²) in [4.78, 5) is 2.30. The Hall–Kier alpha value is -0.0800. The molecule has 1 heterocycles. The largest absolute Gasteiger partial charge is 0.393 e. The van der Waals surface area contributed by atoms with Gasteiger partial charge in [-0.15, -0.1) is 0 Å². The van der Waals surface area contributed by atoms with Gasteiger partial charge in [-0.1, -0.05) is 6.92 Å². The Balaban J connectivity index is 2.52. The van der Waals surface area contributed by atoms with E-state index in [4.69, 9.17) is 0 Å². The monoisotopic (exact) mass is 143 g/mol.